The average molecular weight is 327 g/mol. The van der Waals surface area contributed by atoms with E-state index in [-0.39, 0.29) is 6.03 Å². The van der Waals surface area contributed by atoms with Crippen LogP contribution in [-0.2, 0) is 0 Å². The number of amides is 2. The van der Waals surface area contributed by atoms with Gasteiger partial charge in [0.2, 0.25) is 0 Å². The van der Waals surface area contributed by atoms with Crippen molar-refractivity contribution >= 4 is 45.1 Å². The van der Waals surface area contributed by atoms with E-state index in [9.17, 15) is 4.79 Å². The minimum absolute atomic E-state index is 0.372. The van der Waals surface area contributed by atoms with Crippen molar-refractivity contribution in [3.8, 4) is 0 Å². The lowest BCUT2D eigenvalue weighted by atomic mass is 10.3. The maximum atomic E-state index is 11.7. The van der Waals surface area contributed by atoms with E-state index in [1.165, 1.54) is 0 Å². The zero-order chi connectivity index (χ0) is 13.0. The minimum atomic E-state index is -0.372. The topological polar surface area (TPSA) is 54.0 Å². The van der Waals surface area contributed by atoms with Gasteiger partial charge in [0, 0.05) is 10.7 Å². The summed E-state index contributed by atoms with van der Waals surface area (Å²) in [5.74, 6) is 0.462. The number of carbonyl (C=O) groups is 1. The Kier molecular flexibility index (Phi) is 4.17. The maximum absolute atomic E-state index is 11.7. The van der Waals surface area contributed by atoms with E-state index in [4.69, 9.17) is 11.6 Å². The van der Waals surface area contributed by atoms with Gasteiger partial charge in [-0.1, -0.05) is 23.7 Å². The molecular formula is C12H9BrClN3O. The first-order valence-electron chi connectivity index (χ1n) is 5.09. The summed E-state index contributed by atoms with van der Waals surface area (Å²) in [5, 5.41) is 5.84. The molecule has 0 unspecified atom stereocenters. The van der Waals surface area contributed by atoms with Gasteiger partial charge in [-0.25, -0.2) is 9.78 Å². The van der Waals surface area contributed by atoms with Crippen molar-refractivity contribution in [1.29, 1.82) is 0 Å². The van der Waals surface area contributed by atoms with Gasteiger partial charge in [-0.2, -0.15) is 0 Å². The number of anilines is 2. The third-order valence-corrected chi connectivity index (χ3v) is 2.72. The smallest absolute Gasteiger partial charge is 0.308 e. The summed E-state index contributed by atoms with van der Waals surface area (Å²) in [6.07, 6.45) is 0. The van der Waals surface area contributed by atoms with Gasteiger partial charge >= 0.3 is 6.03 Å². The third-order valence-electron chi connectivity index (χ3n) is 2.04. The first-order valence-corrected chi connectivity index (χ1v) is 6.27. The van der Waals surface area contributed by atoms with Crippen LogP contribution < -0.4 is 10.6 Å². The molecule has 1 heterocycles. The molecular weight excluding hydrogens is 318 g/mol. The average Bonchev–Trinajstić information content (AvgIpc) is 2.28. The number of aromatic nitrogens is 1. The predicted molar refractivity (Wildman–Crippen MR) is 76.0 cm³/mol. The van der Waals surface area contributed by atoms with E-state index >= 15 is 0 Å². The van der Waals surface area contributed by atoms with Gasteiger partial charge in [-0.3, -0.25) is 5.32 Å². The fourth-order valence-electron chi connectivity index (χ4n) is 1.32. The summed E-state index contributed by atoms with van der Waals surface area (Å²) in [5.41, 5.74) is 0.620. The second kappa shape index (κ2) is 5.84. The summed E-state index contributed by atoms with van der Waals surface area (Å²) in [7, 11) is 0. The summed E-state index contributed by atoms with van der Waals surface area (Å²) in [6, 6.07) is 11.8. The molecule has 92 valence electrons. The molecule has 0 saturated heterocycles. The highest BCUT2D eigenvalue weighted by Crippen LogP contribution is 2.15. The van der Waals surface area contributed by atoms with Crippen molar-refractivity contribution in [2.75, 3.05) is 10.6 Å². The van der Waals surface area contributed by atoms with Gasteiger partial charge in [0.1, 0.15) is 10.4 Å². The van der Waals surface area contributed by atoms with E-state index < -0.39 is 0 Å². The molecule has 0 atom stereocenters. The fourth-order valence-corrected chi connectivity index (χ4v) is 1.86. The molecule has 0 aliphatic rings. The number of carbonyl (C=O) groups excluding carboxylic acids is 1. The van der Waals surface area contributed by atoms with Crippen LogP contribution in [0.2, 0.25) is 5.02 Å². The molecule has 0 aliphatic heterocycles. The number of hydrogen-bond donors (Lipinski definition) is 2. The number of halogens is 2. The van der Waals surface area contributed by atoms with Crippen molar-refractivity contribution in [3.63, 3.8) is 0 Å². The van der Waals surface area contributed by atoms with E-state index in [0.29, 0.717) is 21.1 Å². The zero-order valence-corrected chi connectivity index (χ0v) is 11.5. The van der Waals surface area contributed by atoms with E-state index in [1.54, 1.807) is 42.5 Å². The highest BCUT2D eigenvalue weighted by molar-refractivity contribution is 9.10. The summed E-state index contributed by atoms with van der Waals surface area (Å²) in [6.45, 7) is 0. The van der Waals surface area contributed by atoms with Gasteiger partial charge in [0.05, 0.1) is 0 Å². The molecule has 0 spiro atoms. The Bertz CT molecular complexity index is 527. The minimum Gasteiger partial charge on any atom is -0.308 e. The monoisotopic (exact) mass is 325 g/mol. The third kappa shape index (κ3) is 3.72. The van der Waals surface area contributed by atoms with Gasteiger partial charge in [0.15, 0.2) is 0 Å². The fraction of sp³-hybridized carbons (Fsp3) is 0. The van der Waals surface area contributed by atoms with Crippen LogP contribution in [0.5, 0.6) is 0 Å². The Labute approximate surface area is 118 Å². The number of nitrogens with one attached hydrogen (secondary N) is 2. The standard InChI is InChI=1S/C12H9BrClN3O/c13-10-5-2-6-11(16-10)17-12(18)15-9-4-1-3-8(14)7-9/h1-7H,(H2,15,16,17,18). The molecule has 0 bridgehead atoms. The van der Waals surface area contributed by atoms with Crippen LogP contribution in [0.1, 0.15) is 0 Å². The highest BCUT2D eigenvalue weighted by Gasteiger charge is 2.03. The second-order valence-electron chi connectivity index (χ2n) is 3.44. The molecule has 2 N–H and O–H groups in total. The number of urea groups is 1. The van der Waals surface area contributed by atoms with Crippen LogP contribution in [-0.4, -0.2) is 11.0 Å². The second-order valence-corrected chi connectivity index (χ2v) is 4.68. The van der Waals surface area contributed by atoms with Crippen molar-refractivity contribution in [2.45, 2.75) is 0 Å². The molecule has 2 amide bonds. The Morgan fingerprint density at radius 1 is 1.17 bits per heavy atom. The number of pyridine rings is 1. The first-order chi connectivity index (χ1) is 8.63. The van der Waals surface area contributed by atoms with Gasteiger partial charge in [0.25, 0.3) is 0 Å². The van der Waals surface area contributed by atoms with Crippen LogP contribution in [0.15, 0.2) is 47.1 Å². The van der Waals surface area contributed by atoms with Crippen LogP contribution in [0.4, 0.5) is 16.3 Å². The van der Waals surface area contributed by atoms with Crippen LogP contribution in [0.3, 0.4) is 0 Å². The van der Waals surface area contributed by atoms with Gasteiger partial charge in [-0.15, -0.1) is 0 Å². The van der Waals surface area contributed by atoms with E-state index in [2.05, 4.69) is 31.5 Å². The van der Waals surface area contributed by atoms with Crippen molar-refractivity contribution in [2.24, 2.45) is 0 Å². The van der Waals surface area contributed by atoms with Crippen LogP contribution >= 0.6 is 27.5 Å². The molecule has 1 aromatic heterocycles. The van der Waals surface area contributed by atoms with E-state index in [0.717, 1.165) is 0 Å². The quantitative estimate of drug-likeness (QED) is 0.815. The summed E-state index contributed by atoms with van der Waals surface area (Å²) >= 11 is 9.05. The van der Waals surface area contributed by atoms with E-state index in [1.807, 2.05) is 0 Å². The number of nitrogens with zero attached hydrogens (tertiary/aromatic N) is 1. The first kappa shape index (κ1) is 12.9. The molecule has 1 aromatic carbocycles. The number of benzene rings is 1. The lowest BCUT2D eigenvalue weighted by Crippen LogP contribution is -2.20. The highest BCUT2D eigenvalue weighted by atomic mass is 79.9. The van der Waals surface area contributed by atoms with Gasteiger partial charge in [-0.05, 0) is 46.3 Å². The summed E-state index contributed by atoms with van der Waals surface area (Å²) < 4.78 is 0.656. The molecule has 0 radical (unpaired) electrons. The normalized spacial score (nSPS) is 9.89. The zero-order valence-electron chi connectivity index (χ0n) is 9.15. The lowest BCUT2D eigenvalue weighted by Gasteiger charge is -2.07. The van der Waals surface area contributed by atoms with Gasteiger partial charge < -0.3 is 5.32 Å². The molecule has 18 heavy (non-hydrogen) atoms. The SMILES string of the molecule is O=C(Nc1cccc(Cl)c1)Nc1cccc(Br)n1. The molecule has 0 fully saturated rings. The van der Waals surface area contributed by atoms with Crippen molar-refractivity contribution < 1.29 is 4.79 Å². The molecule has 2 rings (SSSR count). The lowest BCUT2D eigenvalue weighted by molar-refractivity contribution is 0.262. The Balaban J connectivity index is 2.01. The van der Waals surface area contributed by atoms with Crippen LogP contribution in [0, 0.1) is 0 Å². The van der Waals surface area contributed by atoms with Crippen molar-refractivity contribution in [1.82, 2.24) is 4.98 Å². The largest absolute Gasteiger partial charge is 0.324 e. The summed E-state index contributed by atoms with van der Waals surface area (Å²) in [4.78, 5) is 15.8. The molecule has 4 nitrogen and oxygen atoms in total. The molecule has 2 aromatic rings. The van der Waals surface area contributed by atoms with Crippen molar-refractivity contribution in [3.05, 3.63) is 52.1 Å². The molecule has 0 saturated carbocycles. The molecule has 0 aliphatic carbocycles. The number of hydrogen-bond acceptors (Lipinski definition) is 2. The number of rotatable bonds is 2. The predicted octanol–water partition coefficient (Wildman–Crippen LogP) is 4.14. The maximum Gasteiger partial charge on any atom is 0.324 e. The Morgan fingerprint density at radius 3 is 2.67 bits per heavy atom. The molecule has 6 heteroatoms. The Hall–Kier alpha value is -1.59. The Morgan fingerprint density at radius 2 is 1.94 bits per heavy atom. The van der Waals surface area contributed by atoms with Crippen LogP contribution in [0.25, 0.3) is 0 Å².